The Bertz CT molecular complexity index is 241. The van der Waals surface area contributed by atoms with Crippen molar-refractivity contribution in [3.63, 3.8) is 0 Å². The Kier molecular flexibility index (Phi) is 5.92. The summed E-state index contributed by atoms with van der Waals surface area (Å²) in [6.07, 6.45) is 2.31. The van der Waals surface area contributed by atoms with Gasteiger partial charge < -0.3 is 10.6 Å². The monoisotopic (exact) mass is 241 g/mol. The number of nitrogens with zero attached hydrogens (tertiary/aromatic N) is 2. The third-order valence-corrected chi connectivity index (χ3v) is 3.83. The molecule has 1 aliphatic heterocycles. The molecule has 1 amide bonds. The van der Waals surface area contributed by atoms with Crippen LogP contribution in [0.4, 0.5) is 0 Å². The van der Waals surface area contributed by atoms with Gasteiger partial charge in [0.05, 0.1) is 6.54 Å². The lowest BCUT2D eigenvalue weighted by molar-refractivity contribution is -0.133. The lowest BCUT2D eigenvalue weighted by atomic mass is 9.92. The first-order valence-electron chi connectivity index (χ1n) is 6.84. The maximum Gasteiger partial charge on any atom is 0.236 e. The third-order valence-electron chi connectivity index (χ3n) is 3.83. The molecule has 0 aromatic rings. The Hall–Kier alpha value is -0.610. The Labute approximate surface area is 105 Å². The summed E-state index contributed by atoms with van der Waals surface area (Å²) >= 11 is 0. The maximum atomic E-state index is 12.1. The van der Waals surface area contributed by atoms with E-state index < -0.39 is 0 Å². The fraction of sp³-hybridized carbons (Fsp3) is 0.923. The van der Waals surface area contributed by atoms with E-state index in [0.717, 1.165) is 32.0 Å². The predicted molar refractivity (Wildman–Crippen MR) is 70.7 cm³/mol. The zero-order valence-electron chi connectivity index (χ0n) is 11.5. The average molecular weight is 241 g/mol. The van der Waals surface area contributed by atoms with Gasteiger partial charge in [0.25, 0.3) is 0 Å². The standard InChI is InChI=1S/C13H27N3O/c1-4-15(5-2)13(17)10-16-7-6-11(3)8-12(16)9-14/h11-12H,4-10,14H2,1-3H3. The van der Waals surface area contributed by atoms with Crippen molar-refractivity contribution in [1.82, 2.24) is 9.80 Å². The second-order valence-corrected chi connectivity index (χ2v) is 5.06. The van der Waals surface area contributed by atoms with E-state index in [-0.39, 0.29) is 5.91 Å². The highest BCUT2D eigenvalue weighted by molar-refractivity contribution is 5.78. The number of hydrogen-bond donors (Lipinski definition) is 1. The van der Waals surface area contributed by atoms with Crippen LogP contribution in [0, 0.1) is 5.92 Å². The van der Waals surface area contributed by atoms with Crippen LogP contribution >= 0.6 is 0 Å². The predicted octanol–water partition coefficient (Wildman–Crippen LogP) is 0.914. The average Bonchev–Trinajstić information content (AvgIpc) is 2.33. The van der Waals surface area contributed by atoms with E-state index in [9.17, 15) is 4.79 Å². The highest BCUT2D eigenvalue weighted by Gasteiger charge is 2.27. The van der Waals surface area contributed by atoms with Gasteiger partial charge in [-0.3, -0.25) is 9.69 Å². The Morgan fingerprint density at radius 1 is 1.41 bits per heavy atom. The molecule has 1 saturated heterocycles. The van der Waals surface area contributed by atoms with Gasteiger partial charge in [-0.1, -0.05) is 6.92 Å². The van der Waals surface area contributed by atoms with Gasteiger partial charge in [0, 0.05) is 25.7 Å². The summed E-state index contributed by atoms with van der Waals surface area (Å²) in [4.78, 5) is 16.2. The molecule has 0 aliphatic carbocycles. The highest BCUT2D eigenvalue weighted by atomic mass is 16.2. The first kappa shape index (κ1) is 14.5. The molecule has 0 bridgehead atoms. The molecule has 2 atom stereocenters. The van der Waals surface area contributed by atoms with Gasteiger partial charge in [0.15, 0.2) is 0 Å². The highest BCUT2D eigenvalue weighted by Crippen LogP contribution is 2.21. The normalized spacial score (nSPS) is 25.9. The van der Waals surface area contributed by atoms with E-state index in [0.29, 0.717) is 19.1 Å². The second-order valence-electron chi connectivity index (χ2n) is 5.06. The van der Waals surface area contributed by atoms with E-state index in [1.807, 2.05) is 18.7 Å². The maximum absolute atomic E-state index is 12.1. The van der Waals surface area contributed by atoms with Crippen molar-refractivity contribution in [3.05, 3.63) is 0 Å². The van der Waals surface area contributed by atoms with Crippen LogP contribution in [0.1, 0.15) is 33.6 Å². The number of amides is 1. The van der Waals surface area contributed by atoms with Crippen LogP contribution in [0.2, 0.25) is 0 Å². The molecule has 0 aromatic carbocycles. The third kappa shape index (κ3) is 3.96. The molecule has 100 valence electrons. The zero-order chi connectivity index (χ0) is 12.8. The lowest BCUT2D eigenvalue weighted by Gasteiger charge is -2.38. The second kappa shape index (κ2) is 6.97. The van der Waals surface area contributed by atoms with Crippen molar-refractivity contribution in [2.45, 2.75) is 39.7 Å². The number of likely N-dealkylation sites (tertiary alicyclic amines) is 1. The zero-order valence-corrected chi connectivity index (χ0v) is 11.5. The number of rotatable bonds is 5. The molecular formula is C13H27N3O. The molecule has 1 rings (SSSR count). The Balaban J connectivity index is 2.51. The molecular weight excluding hydrogens is 214 g/mol. The van der Waals surface area contributed by atoms with E-state index in [1.165, 1.54) is 6.42 Å². The van der Waals surface area contributed by atoms with Crippen LogP contribution in [-0.4, -0.2) is 54.5 Å². The summed E-state index contributed by atoms with van der Waals surface area (Å²) in [6, 6.07) is 0.387. The molecule has 17 heavy (non-hydrogen) atoms. The lowest BCUT2D eigenvalue weighted by Crippen LogP contribution is -2.50. The van der Waals surface area contributed by atoms with E-state index in [1.54, 1.807) is 0 Å². The Morgan fingerprint density at radius 3 is 2.59 bits per heavy atom. The fourth-order valence-corrected chi connectivity index (χ4v) is 2.60. The molecule has 1 heterocycles. The van der Waals surface area contributed by atoms with Gasteiger partial charge in [-0.25, -0.2) is 0 Å². The largest absolute Gasteiger partial charge is 0.342 e. The number of carbonyl (C=O) groups is 1. The summed E-state index contributed by atoms with van der Waals surface area (Å²) in [5.74, 6) is 0.978. The molecule has 1 fully saturated rings. The summed E-state index contributed by atoms with van der Waals surface area (Å²) in [7, 11) is 0. The summed E-state index contributed by atoms with van der Waals surface area (Å²) in [5, 5.41) is 0. The minimum absolute atomic E-state index is 0.239. The SMILES string of the molecule is CCN(CC)C(=O)CN1CCC(C)CC1CN. The van der Waals surface area contributed by atoms with E-state index in [2.05, 4.69) is 11.8 Å². The number of likely N-dealkylation sites (N-methyl/N-ethyl adjacent to an activating group) is 1. The van der Waals surface area contributed by atoms with E-state index >= 15 is 0 Å². The number of piperidine rings is 1. The topological polar surface area (TPSA) is 49.6 Å². The fourth-order valence-electron chi connectivity index (χ4n) is 2.60. The summed E-state index contributed by atoms with van der Waals surface area (Å²) in [5.41, 5.74) is 5.81. The number of nitrogens with two attached hydrogens (primary N) is 1. The van der Waals surface area contributed by atoms with E-state index in [4.69, 9.17) is 5.73 Å². The first-order valence-corrected chi connectivity index (χ1v) is 6.84. The van der Waals surface area contributed by atoms with Gasteiger partial charge >= 0.3 is 0 Å². The number of carbonyl (C=O) groups excluding carboxylic acids is 1. The molecule has 4 heteroatoms. The van der Waals surface area contributed by atoms with Crippen LogP contribution < -0.4 is 5.73 Å². The van der Waals surface area contributed by atoms with Crippen molar-refractivity contribution < 1.29 is 4.79 Å². The Morgan fingerprint density at radius 2 is 2.06 bits per heavy atom. The quantitative estimate of drug-likeness (QED) is 0.778. The van der Waals surface area contributed by atoms with Crippen LogP contribution in [0.25, 0.3) is 0 Å². The van der Waals surface area contributed by atoms with Crippen molar-refractivity contribution >= 4 is 5.91 Å². The number of hydrogen-bond acceptors (Lipinski definition) is 3. The van der Waals surface area contributed by atoms with Crippen molar-refractivity contribution in [1.29, 1.82) is 0 Å². The smallest absolute Gasteiger partial charge is 0.236 e. The van der Waals surface area contributed by atoms with Crippen LogP contribution in [-0.2, 0) is 4.79 Å². The molecule has 2 unspecified atom stereocenters. The van der Waals surface area contributed by atoms with Crippen LogP contribution in [0.15, 0.2) is 0 Å². The van der Waals surface area contributed by atoms with Crippen molar-refractivity contribution in [3.8, 4) is 0 Å². The first-order chi connectivity index (χ1) is 8.12. The molecule has 1 aliphatic rings. The summed E-state index contributed by atoms with van der Waals surface area (Å²) in [6.45, 7) is 10.1. The molecule has 4 nitrogen and oxygen atoms in total. The minimum Gasteiger partial charge on any atom is -0.342 e. The van der Waals surface area contributed by atoms with Crippen molar-refractivity contribution in [2.24, 2.45) is 11.7 Å². The van der Waals surface area contributed by atoms with Gasteiger partial charge in [0.1, 0.15) is 0 Å². The van der Waals surface area contributed by atoms with Gasteiger partial charge in [-0.15, -0.1) is 0 Å². The van der Waals surface area contributed by atoms with Gasteiger partial charge in [-0.05, 0) is 39.2 Å². The van der Waals surface area contributed by atoms with Gasteiger partial charge in [0.2, 0.25) is 5.91 Å². The molecule has 2 N–H and O–H groups in total. The molecule has 0 aromatic heterocycles. The molecule has 0 spiro atoms. The molecule has 0 saturated carbocycles. The molecule has 0 radical (unpaired) electrons. The van der Waals surface area contributed by atoms with Gasteiger partial charge in [-0.2, -0.15) is 0 Å². The van der Waals surface area contributed by atoms with Crippen molar-refractivity contribution in [2.75, 3.05) is 32.7 Å². The van der Waals surface area contributed by atoms with Crippen LogP contribution in [0.3, 0.4) is 0 Å². The summed E-state index contributed by atoms with van der Waals surface area (Å²) < 4.78 is 0. The van der Waals surface area contributed by atoms with Crippen LogP contribution in [0.5, 0.6) is 0 Å². The minimum atomic E-state index is 0.239.